The molecule has 0 aliphatic heterocycles. The Morgan fingerprint density at radius 3 is 2.38 bits per heavy atom. The molecule has 1 heterocycles. The van der Waals surface area contributed by atoms with E-state index in [0.29, 0.717) is 0 Å². The van der Waals surface area contributed by atoms with Gasteiger partial charge in [-0.1, -0.05) is 0 Å². The zero-order chi connectivity index (χ0) is 5.11. The maximum absolute atomic E-state index is 5.08. The monoisotopic (exact) mass is 133 g/mol. The van der Waals surface area contributed by atoms with Crippen molar-refractivity contribution in [3.63, 3.8) is 0 Å². The summed E-state index contributed by atoms with van der Waals surface area (Å²) in [4.78, 5) is 0. The molecule has 0 aliphatic carbocycles. The molecule has 0 bridgehead atoms. The van der Waals surface area contributed by atoms with E-state index in [0.717, 1.165) is 0 Å². The predicted octanol–water partition coefficient (Wildman–Crippen LogP) is -0.729. The zero-order valence-electron chi connectivity index (χ0n) is 3.85. The molecular formula is C2H4ClN5. The summed E-state index contributed by atoms with van der Waals surface area (Å²) in [5.74, 6) is 0.287. The Labute approximate surface area is 51.7 Å². The van der Waals surface area contributed by atoms with Crippen LogP contribution in [0.15, 0.2) is 6.20 Å². The van der Waals surface area contributed by atoms with Gasteiger partial charge >= 0.3 is 0 Å². The fraction of sp³-hybridized carbons (Fsp3) is 0. The number of anilines is 1. The number of nitrogen functional groups attached to an aromatic ring is 1. The highest BCUT2D eigenvalue weighted by atomic mass is 35.5. The molecular weight excluding hydrogens is 130 g/mol. The first-order chi connectivity index (χ1) is 3.39. The molecule has 44 valence electrons. The fourth-order valence-corrected chi connectivity index (χ4v) is 0.206. The van der Waals surface area contributed by atoms with E-state index >= 15 is 0 Å². The minimum atomic E-state index is 0. The molecule has 5 nitrogen and oxygen atoms in total. The number of hydrogen-bond acceptors (Lipinski definition) is 5. The minimum absolute atomic E-state index is 0. The molecule has 0 fully saturated rings. The van der Waals surface area contributed by atoms with Gasteiger partial charge in [0.25, 0.3) is 0 Å². The molecule has 0 unspecified atom stereocenters. The lowest BCUT2D eigenvalue weighted by atomic mass is 10.8. The quantitative estimate of drug-likeness (QED) is 0.505. The van der Waals surface area contributed by atoms with Crippen LogP contribution >= 0.6 is 12.4 Å². The van der Waals surface area contributed by atoms with Crippen molar-refractivity contribution in [1.82, 2.24) is 20.6 Å². The second-order valence-electron chi connectivity index (χ2n) is 0.948. The van der Waals surface area contributed by atoms with Crippen molar-refractivity contribution in [2.24, 2.45) is 0 Å². The van der Waals surface area contributed by atoms with E-state index in [9.17, 15) is 0 Å². The van der Waals surface area contributed by atoms with Gasteiger partial charge in [-0.25, -0.2) is 0 Å². The van der Waals surface area contributed by atoms with E-state index < -0.39 is 0 Å². The summed E-state index contributed by atoms with van der Waals surface area (Å²) in [6.45, 7) is 0. The van der Waals surface area contributed by atoms with E-state index in [1.165, 1.54) is 6.20 Å². The van der Waals surface area contributed by atoms with Crippen molar-refractivity contribution >= 4 is 18.2 Å². The van der Waals surface area contributed by atoms with Gasteiger partial charge in [0.2, 0.25) is 0 Å². The average molecular weight is 134 g/mol. The van der Waals surface area contributed by atoms with Gasteiger partial charge in [0.1, 0.15) is 0 Å². The zero-order valence-corrected chi connectivity index (χ0v) is 4.67. The van der Waals surface area contributed by atoms with E-state index in [4.69, 9.17) is 5.73 Å². The molecule has 1 rings (SSSR count). The van der Waals surface area contributed by atoms with Crippen LogP contribution in [0.1, 0.15) is 0 Å². The number of hydrogen-bond donors (Lipinski definition) is 1. The van der Waals surface area contributed by atoms with Gasteiger partial charge in [-0.15, -0.1) is 22.6 Å². The molecule has 1 aromatic rings. The van der Waals surface area contributed by atoms with Gasteiger partial charge in [0, 0.05) is 0 Å². The first-order valence-corrected chi connectivity index (χ1v) is 1.66. The van der Waals surface area contributed by atoms with E-state index in [1.54, 1.807) is 0 Å². The van der Waals surface area contributed by atoms with Gasteiger partial charge in [-0.3, -0.25) is 0 Å². The summed E-state index contributed by atoms with van der Waals surface area (Å²) in [5.41, 5.74) is 5.08. The number of halogens is 1. The number of aromatic nitrogens is 4. The summed E-state index contributed by atoms with van der Waals surface area (Å²) in [6.07, 6.45) is 1.33. The van der Waals surface area contributed by atoms with Crippen molar-refractivity contribution in [2.75, 3.05) is 5.73 Å². The lowest BCUT2D eigenvalue weighted by Crippen LogP contribution is -1.95. The second kappa shape index (κ2) is 3.09. The van der Waals surface area contributed by atoms with E-state index in [-0.39, 0.29) is 18.2 Å². The summed E-state index contributed by atoms with van der Waals surface area (Å²) < 4.78 is 0. The molecule has 0 saturated heterocycles. The van der Waals surface area contributed by atoms with Crippen molar-refractivity contribution in [3.8, 4) is 0 Å². The third-order valence-corrected chi connectivity index (χ3v) is 0.442. The molecule has 1 aromatic heterocycles. The van der Waals surface area contributed by atoms with Crippen molar-refractivity contribution in [3.05, 3.63) is 6.20 Å². The van der Waals surface area contributed by atoms with Gasteiger partial charge in [-0.2, -0.15) is 0 Å². The Morgan fingerprint density at radius 2 is 2.12 bits per heavy atom. The van der Waals surface area contributed by atoms with Gasteiger partial charge in [0.05, 0.1) is 6.20 Å². The van der Waals surface area contributed by atoms with E-state index in [2.05, 4.69) is 20.6 Å². The van der Waals surface area contributed by atoms with Crippen LogP contribution in [-0.4, -0.2) is 20.6 Å². The smallest absolute Gasteiger partial charge is 0.168 e. The van der Waals surface area contributed by atoms with Crippen LogP contribution in [0.3, 0.4) is 0 Å². The molecule has 0 radical (unpaired) electrons. The van der Waals surface area contributed by atoms with Crippen LogP contribution in [-0.2, 0) is 0 Å². The standard InChI is InChI=1S/C2H3N5.ClH/c3-2-1-4-6-7-5-2;/h1H,(H2,3,5,6);1H. The Kier molecular flexibility index (Phi) is 2.71. The van der Waals surface area contributed by atoms with Crippen LogP contribution in [0.2, 0.25) is 0 Å². The largest absolute Gasteiger partial charge is 0.381 e. The highest BCUT2D eigenvalue weighted by Gasteiger charge is 1.78. The molecule has 0 amide bonds. The van der Waals surface area contributed by atoms with E-state index in [1.807, 2.05) is 0 Å². The van der Waals surface area contributed by atoms with Crippen LogP contribution in [0.5, 0.6) is 0 Å². The van der Waals surface area contributed by atoms with Crippen molar-refractivity contribution in [1.29, 1.82) is 0 Å². The van der Waals surface area contributed by atoms with Crippen molar-refractivity contribution < 1.29 is 0 Å². The second-order valence-corrected chi connectivity index (χ2v) is 0.948. The fourth-order valence-electron chi connectivity index (χ4n) is 0.206. The molecule has 8 heavy (non-hydrogen) atoms. The first-order valence-electron chi connectivity index (χ1n) is 1.66. The van der Waals surface area contributed by atoms with Crippen LogP contribution < -0.4 is 5.73 Å². The topological polar surface area (TPSA) is 77.6 Å². The van der Waals surface area contributed by atoms with Gasteiger partial charge in [0.15, 0.2) is 5.82 Å². The molecule has 0 spiro atoms. The number of nitrogens with two attached hydrogens (primary N) is 1. The van der Waals surface area contributed by atoms with Crippen LogP contribution in [0.25, 0.3) is 0 Å². The maximum atomic E-state index is 5.08. The third kappa shape index (κ3) is 1.65. The molecule has 0 atom stereocenters. The third-order valence-electron chi connectivity index (χ3n) is 0.442. The summed E-state index contributed by atoms with van der Waals surface area (Å²) in [6, 6.07) is 0. The minimum Gasteiger partial charge on any atom is -0.381 e. The number of rotatable bonds is 0. The lowest BCUT2D eigenvalue weighted by molar-refractivity contribution is 0.769. The van der Waals surface area contributed by atoms with Gasteiger partial charge < -0.3 is 5.73 Å². The maximum Gasteiger partial charge on any atom is 0.168 e. The first kappa shape index (κ1) is 7.03. The van der Waals surface area contributed by atoms with Crippen LogP contribution in [0, 0.1) is 0 Å². The predicted molar refractivity (Wildman–Crippen MR) is 29.3 cm³/mol. The Balaban J connectivity index is 0.000000490. The summed E-state index contributed by atoms with van der Waals surface area (Å²) in [7, 11) is 0. The molecule has 6 heteroatoms. The highest BCUT2D eigenvalue weighted by molar-refractivity contribution is 5.85. The molecule has 0 aliphatic rings. The normalized spacial score (nSPS) is 7.50. The SMILES string of the molecule is Cl.Nc1cnnnn1. The van der Waals surface area contributed by atoms with Crippen molar-refractivity contribution in [2.45, 2.75) is 0 Å². The highest BCUT2D eigenvalue weighted by Crippen LogP contribution is 1.79. The lowest BCUT2D eigenvalue weighted by Gasteiger charge is -1.79. The van der Waals surface area contributed by atoms with Crippen LogP contribution in [0.4, 0.5) is 5.82 Å². The summed E-state index contributed by atoms with van der Waals surface area (Å²) >= 11 is 0. The number of nitrogens with zero attached hydrogens (tertiary/aromatic N) is 4. The average Bonchev–Trinajstić information content (AvgIpc) is 1.69. The summed E-state index contributed by atoms with van der Waals surface area (Å²) in [5, 5.41) is 13.0. The Morgan fingerprint density at radius 1 is 1.38 bits per heavy atom. The Hall–Kier alpha value is -0.970. The molecule has 2 N–H and O–H groups in total. The molecule has 0 saturated carbocycles. The van der Waals surface area contributed by atoms with Gasteiger partial charge in [-0.05, 0) is 10.4 Å². The Bertz CT molecular complexity index is 140. The molecule has 0 aromatic carbocycles.